The lowest BCUT2D eigenvalue weighted by molar-refractivity contribution is -0.123. The van der Waals surface area contributed by atoms with E-state index in [4.69, 9.17) is 9.47 Å². The summed E-state index contributed by atoms with van der Waals surface area (Å²) in [5.41, 5.74) is 0.713. The van der Waals surface area contributed by atoms with Crippen molar-refractivity contribution >= 4 is 15.9 Å². The Balaban J connectivity index is 2.82. The Morgan fingerprint density at radius 1 is 1.29 bits per heavy atom. The van der Waals surface area contributed by atoms with Gasteiger partial charge in [-0.3, -0.25) is 4.79 Å². The minimum atomic E-state index is -3.80. The number of rotatable bonds is 9. The van der Waals surface area contributed by atoms with E-state index in [0.717, 1.165) is 0 Å². The van der Waals surface area contributed by atoms with E-state index in [1.54, 1.807) is 19.9 Å². The minimum absolute atomic E-state index is 0.0908. The van der Waals surface area contributed by atoms with E-state index in [2.05, 4.69) is 10.0 Å². The molecule has 0 heterocycles. The minimum Gasteiger partial charge on any atom is -0.494 e. The first-order valence-corrected chi connectivity index (χ1v) is 9.24. The number of methoxy groups -OCH3 is 1. The van der Waals surface area contributed by atoms with Crippen LogP contribution in [0.1, 0.15) is 26.3 Å². The van der Waals surface area contributed by atoms with E-state index in [-0.39, 0.29) is 10.9 Å². The van der Waals surface area contributed by atoms with Crippen molar-refractivity contribution in [2.45, 2.75) is 44.7 Å². The lowest BCUT2D eigenvalue weighted by Crippen LogP contribution is -2.48. The van der Waals surface area contributed by atoms with Crippen LogP contribution in [0.4, 0.5) is 0 Å². The Bertz CT molecular complexity index is 660. The molecule has 0 fully saturated rings. The van der Waals surface area contributed by atoms with Gasteiger partial charge in [-0.05, 0) is 51.5 Å². The zero-order valence-electron chi connectivity index (χ0n) is 14.8. The number of carbonyl (C=O) groups excluding carboxylic acids is 1. The lowest BCUT2D eigenvalue weighted by Gasteiger charge is -2.18. The molecule has 24 heavy (non-hydrogen) atoms. The van der Waals surface area contributed by atoms with Crippen LogP contribution in [0.3, 0.4) is 0 Å². The number of amides is 1. The van der Waals surface area contributed by atoms with Gasteiger partial charge < -0.3 is 14.8 Å². The summed E-state index contributed by atoms with van der Waals surface area (Å²) in [5, 5.41) is 2.68. The van der Waals surface area contributed by atoms with Crippen LogP contribution in [0.2, 0.25) is 0 Å². The molecule has 1 aromatic rings. The first-order valence-electron chi connectivity index (χ1n) is 7.76. The lowest BCUT2D eigenvalue weighted by atomic mass is 10.2. The molecule has 0 saturated carbocycles. The van der Waals surface area contributed by atoms with E-state index in [1.165, 1.54) is 26.2 Å². The third-order valence-corrected chi connectivity index (χ3v) is 4.83. The average molecular weight is 358 g/mol. The van der Waals surface area contributed by atoms with Crippen LogP contribution < -0.4 is 14.8 Å². The van der Waals surface area contributed by atoms with Crippen molar-refractivity contribution in [2.75, 3.05) is 20.3 Å². The number of carbonyl (C=O) groups is 1. The molecule has 0 aromatic heterocycles. The summed E-state index contributed by atoms with van der Waals surface area (Å²) < 4.78 is 37.6. The SMILES string of the molecule is CCOc1ccc(S(=O)(=O)N[C@@H](C)C(=O)N[C@H](C)COC)cc1C. The Labute approximate surface area is 143 Å². The van der Waals surface area contributed by atoms with E-state index in [0.29, 0.717) is 24.5 Å². The fourth-order valence-electron chi connectivity index (χ4n) is 2.12. The second-order valence-electron chi connectivity index (χ2n) is 5.57. The highest BCUT2D eigenvalue weighted by molar-refractivity contribution is 7.89. The highest BCUT2D eigenvalue weighted by Gasteiger charge is 2.23. The van der Waals surface area contributed by atoms with Gasteiger partial charge in [0.2, 0.25) is 15.9 Å². The number of hydrogen-bond acceptors (Lipinski definition) is 5. The molecule has 0 bridgehead atoms. The maximum Gasteiger partial charge on any atom is 0.241 e. The van der Waals surface area contributed by atoms with E-state index in [9.17, 15) is 13.2 Å². The van der Waals surface area contributed by atoms with Crippen LogP contribution in [0.25, 0.3) is 0 Å². The predicted octanol–water partition coefficient (Wildman–Crippen LogP) is 1.21. The van der Waals surface area contributed by atoms with Gasteiger partial charge >= 0.3 is 0 Å². The molecule has 8 heteroatoms. The van der Waals surface area contributed by atoms with Crippen molar-refractivity contribution in [1.82, 2.24) is 10.0 Å². The van der Waals surface area contributed by atoms with Gasteiger partial charge in [-0.25, -0.2) is 8.42 Å². The summed E-state index contributed by atoms with van der Waals surface area (Å²) in [4.78, 5) is 12.1. The highest BCUT2D eigenvalue weighted by atomic mass is 32.2. The van der Waals surface area contributed by atoms with E-state index >= 15 is 0 Å². The Morgan fingerprint density at radius 2 is 1.96 bits per heavy atom. The molecule has 0 aliphatic rings. The molecule has 1 amide bonds. The standard InChI is InChI=1S/C16H26N2O5S/c1-6-23-15-8-7-14(9-11(15)2)24(20,21)18-13(4)16(19)17-12(3)10-22-5/h7-9,12-13,18H,6,10H2,1-5H3,(H,17,19)/t12-,13+/m1/s1. The zero-order chi connectivity index (χ0) is 18.3. The third-order valence-electron chi connectivity index (χ3n) is 3.29. The van der Waals surface area contributed by atoms with Crippen LogP contribution in [-0.4, -0.2) is 46.7 Å². The predicted molar refractivity (Wildman–Crippen MR) is 91.6 cm³/mol. The maximum absolute atomic E-state index is 12.4. The molecule has 1 rings (SSSR count). The van der Waals surface area contributed by atoms with E-state index in [1.807, 2.05) is 6.92 Å². The van der Waals surface area contributed by atoms with Gasteiger partial charge in [0.25, 0.3) is 0 Å². The molecule has 0 aliphatic heterocycles. The average Bonchev–Trinajstić information content (AvgIpc) is 2.49. The maximum atomic E-state index is 12.4. The number of benzene rings is 1. The molecule has 0 spiro atoms. The Hall–Kier alpha value is -1.64. The second-order valence-corrected chi connectivity index (χ2v) is 7.28. The van der Waals surface area contributed by atoms with Gasteiger partial charge in [0.05, 0.1) is 24.2 Å². The monoisotopic (exact) mass is 358 g/mol. The van der Waals surface area contributed by atoms with Crippen LogP contribution >= 0.6 is 0 Å². The first kappa shape index (κ1) is 20.4. The van der Waals surface area contributed by atoms with Crippen molar-refractivity contribution in [3.8, 4) is 5.75 Å². The quantitative estimate of drug-likeness (QED) is 0.692. The molecule has 0 radical (unpaired) electrons. The zero-order valence-corrected chi connectivity index (χ0v) is 15.6. The molecule has 7 nitrogen and oxygen atoms in total. The van der Waals surface area contributed by atoms with Crippen molar-refractivity contribution in [3.63, 3.8) is 0 Å². The van der Waals surface area contributed by atoms with Crippen molar-refractivity contribution < 1.29 is 22.7 Å². The largest absolute Gasteiger partial charge is 0.494 e. The molecule has 0 aliphatic carbocycles. The summed E-state index contributed by atoms with van der Waals surface area (Å²) in [5.74, 6) is 0.224. The Kier molecular flexibility index (Phi) is 7.65. The smallest absolute Gasteiger partial charge is 0.241 e. The number of aryl methyl sites for hydroxylation is 1. The number of hydrogen-bond donors (Lipinski definition) is 2. The van der Waals surface area contributed by atoms with Gasteiger partial charge in [0.15, 0.2) is 0 Å². The van der Waals surface area contributed by atoms with Gasteiger partial charge in [-0.1, -0.05) is 0 Å². The first-order chi connectivity index (χ1) is 11.2. The summed E-state index contributed by atoms with van der Waals surface area (Å²) in [7, 11) is -2.27. The summed E-state index contributed by atoms with van der Waals surface area (Å²) in [6, 6.07) is 3.48. The van der Waals surface area contributed by atoms with Crippen LogP contribution in [0, 0.1) is 6.92 Å². The van der Waals surface area contributed by atoms with E-state index < -0.39 is 22.0 Å². The van der Waals surface area contributed by atoms with Crippen LogP contribution in [-0.2, 0) is 19.6 Å². The fourth-order valence-corrected chi connectivity index (χ4v) is 3.41. The topological polar surface area (TPSA) is 93.7 Å². The molecule has 2 N–H and O–H groups in total. The molecular weight excluding hydrogens is 332 g/mol. The molecule has 2 atom stereocenters. The van der Waals surface area contributed by atoms with Gasteiger partial charge in [0, 0.05) is 13.2 Å². The van der Waals surface area contributed by atoms with Crippen molar-refractivity contribution in [3.05, 3.63) is 23.8 Å². The van der Waals surface area contributed by atoms with Gasteiger partial charge in [-0.15, -0.1) is 0 Å². The molecule has 1 aromatic carbocycles. The molecule has 0 unspecified atom stereocenters. The van der Waals surface area contributed by atoms with Gasteiger partial charge in [0.1, 0.15) is 5.75 Å². The van der Waals surface area contributed by atoms with Crippen molar-refractivity contribution in [1.29, 1.82) is 0 Å². The summed E-state index contributed by atoms with van der Waals surface area (Å²) in [6.07, 6.45) is 0. The normalized spacial score (nSPS) is 14.0. The number of sulfonamides is 1. The third kappa shape index (κ3) is 5.77. The number of ether oxygens (including phenoxy) is 2. The second kappa shape index (κ2) is 9.00. The van der Waals surface area contributed by atoms with Crippen LogP contribution in [0.5, 0.6) is 5.75 Å². The molecule has 136 valence electrons. The molecular formula is C16H26N2O5S. The fraction of sp³-hybridized carbons (Fsp3) is 0.562. The molecule has 0 saturated heterocycles. The summed E-state index contributed by atoms with van der Waals surface area (Å²) in [6.45, 7) is 7.75. The van der Waals surface area contributed by atoms with Crippen LogP contribution in [0.15, 0.2) is 23.1 Å². The highest BCUT2D eigenvalue weighted by Crippen LogP contribution is 2.21. The summed E-state index contributed by atoms with van der Waals surface area (Å²) >= 11 is 0. The van der Waals surface area contributed by atoms with Gasteiger partial charge in [-0.2, -0.15) is 4.72 Å². The number of nitrogens with one attached hydrogen (secondary N) is 2. The van der Waals surface area contributed by atoms with Crippen molar-refractivity contribution in [2.24, 2.45) is 0 Å². The Morgan fingerprint density at radius 3 is 2.50 bits per heavy atom.